The lowest BCUT2D eigenvalue weighted by Crippen LogP contribution is -2.47. The molecule has 1 N–H and O–H groups in total. The Labute approximate surface area is 190 Å². The van der Waals surface area contributed by atoms with E-state index in [0.717, 1.165) is 64.3 Å². The summed E-state index contributed by atoms with van der Waals surface area (Å²) in [7, 11) is 0. The fourth-order valence-electron chi connectivity index (χ4n) is 5.05. The minimum Gasteiger partial charge on any atom is -0.379 e. The van der Waals surface area contributed by atoms with E-state index in [-0.39, 0.29) is 24.1 Å². The number of hydrogen-bond acceptors (Lipinski definition) is 5. The summed E-state index contributed by atoms with van der Waals surface area (Å²) in [5.74, 6) is 0.395. The molecule has 2 amide bonds. The van der Waals surface area contributed by atoms with Crippen LogP contribution >= 0.6 is 0 Å². The van der Waals surface area contributed by atoms with Gasteiger partial charge in [0.2, 0.25) is 0 Å². The number of anilines is 1. The number of likely N-dealkylation sites (tertiary alicyclic amines) is 1. The number of amides is 2. The number of nitrogens with zero attached hydrogens (tertiary/aromatic N) is 3. The van der Waals surface area contributed by atoms with Gasteiger partial charge in [0.1, 0.15) is 5.82 Å². The number of halogens is 1. The van der Waals surface area contributed by atoms with Crippen LogP contribution in [0.25, 0.3) is 0 Å². The first-order chi connectivity index (χ1) is 15.5. The fourth-order valence-corrected chi connectivity index (χ4v) is 5.05. The SMILES string of the molecule is CC1CN(c2ccc(CNC(=O)N3CCC(CN4CCOCC4)CC3)cc2F)CC(C)O1. The Balaban J connectivity index is 1.22. The largest absolute Gasteiger partial charge is 0.379 e. The Bertz CT molecular complexity index is 756. The van der Waals surface area contributed by atoms with Crippen molar-refractivity contribution in [1.29, 1.82) is 0 Å². The van der Waals surface area contributed by atoms with E-state index in [1.165, 1.54) is 6.07 Å². The Hall–Kier alpha value is -1.90. The van der Waals surface area contributed by atoms with Gasteiger partial charge in [-0.25, -0.2) is 9.18 Å². The molecule has 0 radical (unpaired) electrons. The molecule has 1 aromatic carbocycles. The van der Waals surface area contributed by atoms with Crippen molar-refractivity contribution in [2.75, 3.05) is 63.9 Å². The lowest BCUT2D eigenvalue weighted by atomic mass is 9.96. The zero-order valence-corrected chi connectivity index (χ0v) is 19.4. The van der Waals surface area contributed by atoms with Crippen LogP contribution in [0.4, 0.5) is 14.9 Å². The Morgan fingerprint density at radius 1 is 1.09 bits per heavy atom. The molecule has 3 aliphatic rings. The Morgan fingerprint density at radius 3 is 2.44 bits per heavy atom. The second-order valence-corrected chi connectivity index (χ2v) is 9.45. The summed E-state index contributed by atoms with van der Waals surface area (Å²) < 4.78 is 26.0. The van der Waals surface area contributed by atoms with Crippen LogP contribution < -0.4 is 10.2 Å². The average Bonchev–Trinajstić information content (AvgIpc) is 2.78. The van der Waals surface area contributed by atoms with Crippen LogP contribution in [-0.2, 0) is 16.0 Å². The van der Waals surface area contributed by atoms with Crippen LogP contribution in [-0.4, -0.2) is 87.1 Å². The van der Waals surface area contributed by atoms with Crippen molar-refractivity contribution in [2.24, 2.45) is 5.92 Å². The molecular weight excluding hydrogens is 411 g/mol. The summed E-state index contributed by atoms with van der Waals surface area (Å²) in [6.07, 6.45) is 2.22. The van der Waals surface area contributed by atoms with Crippen LogP contribution in [0.2, 0.25) is 0 Å². The molecule has 0 spiro atoms. The van der Waals surface area contributed by atoms with Gasteiger partial charge in [-0.15, -0.1) is 0 Å². The molecule has 8 heteroatoms. The molecule has 3 aliphatic heterocycles. The van der Waals surface area contributed by atoms with Crippen molar-refractivity contribution < 1.29 is 18.7 Å². The summed E-state index contributed by atoms with van der Waals surface area (Å²) in [6.45, 7) is 12.1. The van der Waals surface area contributed by atoms with Gasteiger partial charge < -0.3 is 24.6 Å². The summed E-state index contributed by atoms with van der Waals surface area (Å²) >= 11 is 0. The van der Waals surface area contributed by atoms with Gasteiger partial charge in [0.05, 0.1) is 31.1 Å². The highest BCUT2D eigenvalue weighted by Gasteiger charge is 2.26. The number of morpholine rings is 2. The van der Waals surface area contributed by atoms with E-state index < -0.39 is 0 Å². The Kier molecular flexibility index (Phi) is 7.86. The number of ether oxygens (including phenoxy) is 2. The van der Waals surface area contributed by atoms with Gasteiger partial charge in [0.15, 0.2) is 0 Å². The minimum absolute atomic E-state index is 0.0601. The topological polar surface area (TPSA) is 57.3 Å². The molecule has 0 aromatic heterocycles. The number of carbonyl (C=O) groups is 1. The quantitative estimate of drug-likeness (QED) is 0.751. The van der Waals surface area contributed by atoms with E-state index in [0.29, 0.717) is 31.2 Å². The number of urea groups is 1. The summed E-state index contributed by atoms with van der Waals surface area (Å²) in [5.41, 5.74) is 1.38. The Morgan fingerprint density at radius 2 is 1.78 bits per heavy atom. The molecule has 2 unspecified atom stereocenters. The van der Waals surface area contributed by atoms with E-state index in [2.05, 4.69) is 10.2 Å². The predicted octanol–water partition coefficient (Wildman–Crippen LogP) is 2.69. The number of benzene rings is 1. The molecule has 4 rings (SSSR count). The van der Waals surface area contributed by atoms with Gasteiger partial charge in [-0.3, -0.25) is 4.90 Å². The zero-order chi connectivity index (χ0) is 22.5. The van der Waals surface area contributed by atoms with Crippen LogP contribution in [0.15, 0.2) is 18.2 Å². The maximum absolute atomic E-state index is 14.8. The molecule has 1 aromatic rings. The van der Waals surface area contributed by atoms with E-state index in [9.17, 15) is 9.18 Å². The molecule has 178 valence electrons. The first-order valence-corrected chi connectivity index (χ1v) is 12.0. The van der Waals surface area contributed by atoms with Crippen molar-refractivity contribution in [3.8, 4) is 0 Å². The van der Waals surface area contributed by atoms with Crippen LogP contribution in [0, 0.1) is 11.7 Å². The minimum atomic E-state index is -0.248. The molecule has 0 saturated carbocycles. The first kappa shape index (κ1) is 23.3. The second-order valence-electron chi connectivity index (χ2n) is 9.45. The molecule has 2 atom stereocenters. The summed E-state index contributed by atoms with van der Waals surface area (Å²) in [6, 6.07) is 5.20. The van der Waals surface area contributed by atoms with Crippen molar-refractivity contribution in [3.05, 3.63) is 29.6 Å². The van der Waals surface area contributed by atoms with Crippen molar-refractivity contribution >= 4 is 11.7 Å². The van der Waals surface area contributed by atoms with E-state index >= 15 is 0 Å². The van der Waals surface area contributed by atoms with Gasteiger partial charge in [-0.1, -0.05) is 6.07 Å². The molecule has 32 heavy (non-hydrogen) atoms. The predicted molar refractivity (Wildman–Crippen MR) is 122 cm³/mol. The summed E-state index contributed by atoms with van der Waals surface area (Å²) in [4.78, 5) is 19.0. The number of nitrogens with one attached hydrogen (secondary N) is 1. The van der Waals surface area contributed by atoms with Gasteiger partial charge in [0, 0.05) is 52.4 Å². The van der Waals surface area contributed by atoms with E-state index in [4.69, 9.17) is 9.47 Å². The third-order valence-corrected chi connectivity index (χ3v) is 6.74. The van der Waals surface area contributed by atoms with Crippen LogP contribution in [0.3, 0.4) is 0 Å². The highest BCUT2D eigenvalue weighted by atomic mass is 19.1. The van der Waals surface area contributed by atoms with Gasteiger partial charge >= 0.3 is 6.03 Å². The van der Waals surface area contributed by atoms with E-state index in [1.54, 1.807) is 0 Å². The number of hydrogen-bond donors (Lipinski definition) is 1. The lowest BCUT2D eigenvalue weighted by molar-refractivity contribution is -0.00539. The molecular formula is C24H37FN4O3. The van der Waals surface area contributed by atoms with Gasteiger partial charge in [0.25, 0.3) is 0 Å². The molecule has 3 heterocycles. The molecule has 3 fully saturated rings. The maximum Gasteiger partial charge on any atom is 0.317 e. The van der Waals surface area contributed by atoms with E-state index in [1.807, 2.05) is 35.8 Å². The third kappa shape index (κ3) is 6.11. The zero-order valence-electron chi connectivity index (χ0n) is 19.4. The smallest absolute Gasteiger partial charge is 0.317 e. The second kappa shape index (κ2) is 10.8. The lowest BCUT2D eigenvalue weighted by Gasteiger charge is -2.37. The van der Waals surface area contributed by atoms with Crippen molar-refractivity contribution in [2.45, 2.75) is 45.4 Å². The summed E-state index contributed by atoms with van der Waals surface area (Å²) in [5, 5.41) is 2.97. The molecule has 0 aliphatic carbocycles. The monoisotopic (exact) mass is 448 g/mol. The molecule has 0 bridgehead atoms. The third-order valence-electron chi connectivity index (χ3n) is 6.74. The number of piperidine rings is 1. The van der Waals surface area contributed by atoms with Crippen molar-refractivity contribution in [1.82, 2.24) is 15.1 Å². The number of rotatable bonds is 5. The fraction of sp³-hybridized carbons (Fsp3) is 0.708. The molecule has 3 saturated heterocycles. The highest BCUT2D eigenvalue weighted by molar-refractivity contribution is 5.74. The first-order valence-electron chi connectivity index (χ1n) is 12.0. The van der Waals surface area contributed by atoms with Crippen LogP contribution in [0.1, 0.15) is 32.3 Å². The van der Waals surface area contributed by atoms with Crippen molar-refractivity contribution in [3.63, 3.8) is 0 Å². The van der Waals surface area contributed by atoms with Gasteiger partial charge in [-0.2, -0.15) is 0 Å². The number of carbonyl (C=O) groups excluding carboxylic acids is 1. The standard InChI is InChI=1S/C24H37FN4O3/c1-18-15-29(16-19(2)32-18)23-4-3-21(13-22(23)25)14-26-24(30)28-7-5-20(6-8-28)17-27-9-11-31-12-10-27/h3-4,13,18-20H,5-12,14-17H2,1-2H3,(H,26,30). The van der Waals surface area contributed by atoms with Crippen LogP contribution in [0.5, 0.6) is 0 Å². The molecule has 7 nitrogen and oxygen atoms in total. The van der Waals surface area contributed by atoms with Gasteiger partial charge in [-0.05, 0) is 50.3 Å². The average molecular weight is 449 g/mol. The maximum atomic E-state index is 14.8. The normalized spacial score (nSPS) is 25.7. The highest BCUT2D eigenvalue weighted by Crippen LogP contribution is 2.25.